The van der Waals surface area contributed by atoms with E-state index in [1.807, 2.05) is 17.4 Å². The summed E-state index contributed by atoms with van der Waals surface area (Å²) in [5.41, 5.74) is 10.8. The Balaban J connectivity index is 1.11. The van der Waals surface area contributed by atoms with Crippen molar-refractivity contribution >= 4 is 92.3 Å². The first kappa shape index (κ1) is 29.1. The van der Waals surface area contributed by atoms with Gasteiger partial charge in [0.1, 0.15) is 5.58 Å². The van der Waals surface area contributed by atoms with Gasteiger partial charge in [0.25, 0.3) is 0 Å². The second-order valence-corrected chi connectivity index (χ2v) is 14.4. The average Bonchev–Trinajstić information content (AvgIpc) is 3.88. The number of hydrogen-bond donors (Lipinski definition) is 0. The van der Waals surface area contributed by atoms with Crippen LogP contribution >= 0.6 is 11.3 Å². The molecule has 0 unspecified atom stereocenters. The van der Waals surface area contributed by atoms with Crippen LogP contribution in [0.2, 0.25) is 0 Å². The normalized spacial score (nSPS) is 11.8. The van der Waals surface area contributed by atoms with Crippen LogP contribution in [0.25, 0.3) is 80.7 Å². The van der Waals surface area contributed by atoms with Gasteiger partial charge in [-0.05, 0) is 90.0 Å². The third-order valence-corrected chi connectivity index (χ3v) is 11.5. The second-order valence-electron chi connectivity index (χ2n) is 13.3. The van der Waals surface area contributed by atoms with Gasteiger partial charge in [-0.25, -0.2) is 0 Å². The molecule has 0 fully saturated rings. The summed E-state index contributed by atoms with van der Waals surface area (Å²) in [6.07, 6.45) is 0. The second kappa shape index (κ2) is 11.5. The molecule has 0 spiro atoms. The molecule has 52 heavy (non-hydrogen) atoms. The smallest absolute Gasteiger partial charge is 0.159 e. The number of para-hydroxylation sites is 4. The molecule has 0 atom stereocenters. The summed E-state index contributed by atoms with van der Waals surface area (Å²) in [6.45, 7) is 0. The van der Waals surface area contributed by atoms with Gasteiger partial charge in [0.15, 0.2) is 5.58 Å². The topological polar surface area (TPSA) is 21.3 Å². The number of thiophene rings is 1. The fraction of sp³-hybridized carbons (Fsp3) is 0. The Morgan fingerprint density at radius 3 is 1.98 bits per heavy atom. The number of hydrogen-bond acceptors (Lipinski definition) is 3. The van der Waals surface area contributed by atoms with E-state index in [-0.39, 0.29) is 0 Å². The molecule has 0 radical (unpaired) electrons. The predicted octanol–water partition coefficient (Wildman–Crippen LogP) is 14.2. The van der Waals surface area contributed by atoms with Gasteiger partial charge in [-0.2, -0.15) is 0 Å². The number of aromatic nitrogens is 1. The molecule has 11 rings (SSSR count). The van der Waals surface area contributed by atoms with Crippen molar-refractivity contribution in [1.29, 1.82) is 0 Å². The molecule has 3 nitrogen and oxygen atoms in total. The molecule has 3 aromatic heterocycles. The first-order valence-corrected chi connectivity index (χ1v) is 18.4. The first-order valence-electron chi connectivity index (χ1n) is 17.6. The molecule has 11 aromatic rings. The summed E-state index contributed by atoms with van der Waals surface area (Å²) < 4.78 is 11.6. The van der Waals surface area contributed by atoms with Gasteiger partial charge in [0, 0.05) is 58.8 Å². The summed E-state index contributed by atoms with van der Waals surface area (Å²) in [4.78, 5) is 2.35. The minimum Gasteiger partial charge on any atom is -0.454 e. The summed E-state index contributed by atoms with van der Waals surface area (Å²) in [5, 5.41) is 7.27. The van der Waals surface area contributed by atoms with Gasteiger partial charge in [-0.15, -0.1) is 11.3 Å². The number of fused-ring (bicyclic) bond motifs is 9. The maximum atomic E-state index is 6.64. The lowest BCUT2D eigenvalue weighted by atomic mass is 10.0. The van der Waals surface area contributed by atoms with Crippen LogP contribution in [-0.2, 0) is 0 Å². The molecule has 3 heterocycles. The Labute approximate surface area is 303 Å². The lowest BCUT2D eigenvalue weighted by molar-refractivity contribution is 0.669. The van der Waals surface area contributed by atoms with Crippen molar-refractivity contribution in [2.75, 3.05) is 4.90 Å². The van der Waals surface area contributed by atoms with Gasteiger partial charge in [0.05, 0.1) is 16.7 Å². The quantitative estimate of drug-likeness (QED) is 0.180. The van der Waals surface area contributed by atoms with E-state index in [9.17, 15) is 0 Å². The summed E-state index contributed by atoms with van der Waals surface area (Å²) in [6, 6.07) is 65.4. The highest BCUT2D eigenvalue weighted by molar-refractivity contribution is 7.25. The Morgan fingerprint density at radius 2 is 1.10 bits per heavy atom. The van der Waals surface area contributed by atoms with E-state index >= 15 is 0 Å². The van der Waals surface area contributed by atoms with E-state index in [4.69, 9.17) is 4.42 Å². The van der Waals surface area contributed by atoms with E-state index in [0.29, 0.717) is 0 Å². The molecule has 0 bridgehead atoms. The standard InChI is InChI=1S/C48H30N2OS/c1-2-11-33(12-3-1)50-42-17-7-4-13-36(42)40-30-35(26-27-43(40)50)49(44-18-10-16-39-37-14-5-8-19-45(37)51-48(39)44)34-24-21-31(22-25-34)32-23-28-47-41(29-32)38-15-6-9-20-46(38)52-47/h1-30H. The fourth-order valence-corrected chi connectivity index (χ4v) is 9.09. The lowest BCUT2D eigenvalue weighted by Crippen LogP contribution is -2.10. The maximum absolute atomic E-state index is 6.64. The molecule has 0 N–H and O–H groups in total. The third-order valence-electron chi connectivity index (χ3n) is 10.4. The van der Waals surface area contributed by atoms with Crippen molar-refractivity contribution in [2.45, 2.75) is 0 Å². The van der Waals surface area contributed by atoms with Crippen molar-refractivity contribution in [3.8, 4) is 16.8 Å². The molecular weight excluding hydrogens is 653 g/mol. The van der Waals surface area contributed by atoms with Crippen molar-refractivity contribution in [1.82, 2.24) is 4.57 Å². The van der Waals surface area contributed by atoms with Crippen LogP contribution in [0.4, 0.5) is 17.1 Å². The van der Waals surface area contributed by atoms with Gasteiger partial charge in [-0.1, -0.05) is 103 Å². The Hall–Kier alpha value is -6.62. The molecule has 0 saturated heterocycles. The fourth-order valence-electron chi connectivity index (χ4n) is 8.00. The van der Waals surface area contributed by atoms with Crippen LogP contribution in [0.15, 0.2) is 186 Å². The van der Waals surface area contributed by atoms with Gasteiger partial charge in [0.2, 0.25) is 0 Å². The SMILES string of the molecule is c1ccc(-n2c3ccccc3c3cc(N(c4ccc(-c5ccc6sc7ccccc7c6c5)cc4)c4cccc5c4oc4ccccc45)ccc32)cc1. The summed E-state index contributed by atoms with van der Waals surface area (Å²) in [5.74, 6) is 0. The van der Waals surface area contributed by atoms with Gasteiger partial charge >= 0.3 is 0 Å². The molecule has 0 aliphatic carbocycles. The summed E-state index contributed by atoms with van der Waals surface area (Å²) >= 11 is 1.85. The number of furan rings is 1. The Morgan fingerprint density at radius 1 is 0.423 bits per heavy atom. The van der Waals surface area contributed by atoms with Crippen LogP contribution in [0.5, 0.6) is 0 Å². The van der Waals surface area contributed by atoms with E-state index < -0.39 is 0 Å². The Kier molecular flexibility index (Phi) is 6.42. The molecule has 0 aliphatic rings. The van der Waals surface area contributed by atoms with Crippen molar-refractivity contribution in [3.63, 3.8) is 0 Å². The van der Waals surface area contributed by atoms with E-state index in [2.05, 4.69) is 185 Å². The number of nitrogens with zero attached hydrogens (tertiary/aromatic N) is 2. The molecule has 4 heteroatoms. The molecule has 0 saturated carbocycles. The van der Waals surface area contributed by atoms with Gasteiger partial charge in [-0.3, -0.25) is 0 Å². The van der Waals surface area contributed by atoms with Crippen LogP contribution < -0.4 is 4.90 Å². The Bertz CT molecular complexity index is 3130. The number of benzene rings is 8. The molecule has 8 aromatic carbocycles. The van der Waals surface area contributed by atoms with E-state index in [1.54, 1.807) is 0 Å². The lowest BCUT2D eigenvalue weighted by Gasteiger charge is -2.26. The van der Waals surface area contributed by atoms with E-state index in [0.717, 1.165) is 44.7 Å². The monoisotopic (exact) mass is 682 g/mol. The summed E-state index contributed by atoms with van der Waals surface area (Å²) in [7, 11) is 0. The molecule has 0 amide bonds. The third kappa shape index (κ3) is 4.45. The number of anilines is 3. The zero-order valence-electron chi connectivity index (χ0n) is 28.0. The number of rotatable bonds is 5. The zero-order valence-corrected chi connectivity index (χ0v) is 28.8. The van der Waals surface area contributed by atoms with Gasteiger partial charge < -0.3 is 13.9 Å². The highest BCUT2D eigenvalue weighted by atomic mass is 32.1. The van der Waals surface area contributed by atoms with Crippen LogP contribution in [0.3, 0.4) is 0 Å². The van der Waals surface area contributed by atoms with Crippen molar-refractivity contribution in [3.05, 3.63) is 182 Å². The minimum atomic E-state index is 0.870. The highest BCUT2D eigenvalue weighted by Crippen LogP contribution is 2.45. The van der Waals surface area contributed by atoms with Crippen LogP contribution in [0.1, 0.15) is 0 Å². The molecule has 244 valence electrons. The maximum Gasteiger partial charge on any atom is 0.159 e. The average molecular weight is 683 g/mol. The van der Waals surface area contributed by atoms with Crippen LogP contribution in [0, 0.1) is 0 Å². The molecule has 0 aliphatic heterocycles. The minimum absolute atomic E-state index is 0.870. The zero-order chi connectivity index (χ0) is 34.2. The highest BCUT2D eigenvalue weighted by Gasteiger charge is 2.21. The van der Waals surface area contributed by atoms with E-state index in [1.165, 1.54) is 53.1 Å². The van der Waals surface area contributed by atoms with Crippen LogP contribution in [-0.4, -0.2) is 4.57 Å². The van der Waals surface area contributed by atoms with Crippen molar-refractivity contribution in [2.24, 2.45) is 0 Å². The largest absolute Gasteiger partial charge is 0.454 e. The predicted molar refractivity (Wildman–Crippen MR) is 221 cm³/mol. The first-order chi connectivity index (χ1) is 25.8. The van der Waals surface area contributed by atoms with Crippen molar-refractivity contribution < 1.29 is 4.42 Å². The molecular formula is C48H30N2OS.